The molecule has 1 heterocycles. The van der Waals surface area contributed by atoms with Gasteiger partial charge in [-0.3, -0.25) is 9.52 Å². The Balaban J connectivity index is 1.76. The molecule has 1 atom stereocenters. The number of carbonyl (C=O) groups excluding carboxylic acids is 1. The molecule has 1 amide bonds. The molecule has 0 radical (unpaired) electrons. The van der Waals surface area contributed by atoms with Gasteiger partial charge in [-0.15, -0.1) is 11.3 Å². The maximum Gasteiger partial charge on any atom is 0.271 e. The van der Waals surface area contributed by atoms with Gasteiger partial charge in [0, 0.05) is 10.9 Å². The molecule has 0 saturated heterocycles. The van der Waals surface area contributed by atoms with E-state index in [1.807, 2.05) is 24.3 Å². The normalized spacial score (nSPS) is 12.6. The van der Waals surface area contributed by atoms with Crippen LogP contribution >= 0.6 is 11.3 Å². The zero-order valence-corrected chi connectivity index (χ0v) is 19.6. The number of nitrogens with one attached hydrogen (secondary N) is 2. The summed E-state index contributed by atoms with van der Waals surface area (Å²) < 4.78 is 52.9. The van der Waals surface area contributed by atoms with E-state index in [2.05, 4.69) is 24.1 Å². The predicted octanol–water partition coefficient (Wildman–Crippen LogP) is 5.07. The van der Waals surface area contributed by atoms with Gasteiger partial charge in [0.1, 0.15) is 16.4 Å². The summed E-state index contributed by atoms with van der Waals surface area (Å²) in [5.74, 6) is -2.28. The minimum Gasteiger partial charge on any atom is -0.344 e. The number of sulfonamides is 1. The van der Waals surface area contributed by atoms with Gasteiger partial charge >= 0.3 is 0 Å². The minimum absolute atomic E-state index is 0.146. The minimum atomic E-state index is -3.85. The molecule has 0 fully saturated rings. The van der Waals surface area contributed by atoms with Crippen molar-refractivity contribution in [3.63, 3.8) is 0 Å². The molecule has 10 heteroatoms. The Kier molecular flexibility index (Phi) is 6.94. The van der Waals surface area contributed by atoms with Crippen molar-refractivity contribution >= 4 is 33.0 Å². The molecule has 2 aromatic carbocycles. The van der Waals surface area contributed by atoms with Crippen LogP contribution < -0.4 is 10.0 Å². The zero-order valence-electron chi connectivity index (χ0n) is 17.9. The van der Waals surface area contributed by atoms with Crippen LogP contribution in [0.3, 0.4) is 0 Å². The third kappa shape index (κ3) is 5.68. The highest BCUT2D eigenvalue weighted by Crippen LogP contribution is 2.28. The number of benzene rings is 2. The Labute approximate surface area is 189 Å². The topological polar surface area (TPSA) is 88.2 Å². The number of aromatic nitrogens is 1. The lowest BCUT2D eigenvalue weighted by atomic mass is 10.0. The summed E-state index contributed by atoms with van der Waals surface area (Å²) in [5.41, 5.74) is 1.65. The molecule has 0 aliphatic carbocycles. The molecule has 0 saturated carbocycles. The second-order valence-corrected chi connectivity index (χ2v) is 10.4. The van der Waals surface area contributed by atoms with Crippen molar-refractivity contribution < 1.29 is 22.0 Å². The number of carbonyl (C=O) groups is 1. The van der Waals surface area contributed by atoms with Gasteiger partial charge in [-0.25, -0.2) is 22.2 Å². The van der Waals surface area contributed by atoms with Crippen LogP contribution in [0.25, 0.3) is 10.6 Å². The molecular weight excluding hydrogens is 456 g/mol. The van der Waals surface area contributed by atoms with Gasteiger partial charge in [-0.1, -0.05) is 32.0 Å². The predicted molar refractivity (Wildman–Crippen MR) is 122 cm³/mol. The van der Waals surface area contributed by atoms with Gasteiger partial charge in [0.05, 0.1) is 12.3 Å². The summed E-state index contributed by atoms with van der Waals surface area (Å²) >= 11 is 1.33. The third-order valence-electron chi connectivity index (χ3n) is 4.74. The van der Waals surface area contributed by atoms with Crippen molar-refractivity contribution in [3.05, 3.63) is 70.2 Å². The van der Waals surface area contributed by atoms with Crippen molar-refractivity contribution in [2.45, 2.75) is 32.7 Å². The van der Waals surface area contributed by atoms with Crippen LogP contribution in [0.5, 0.6) is 0 Å². The summed E-state index contributed by atoms with van der Waals surface area (Å²) in [4.78, 5) is 17.0. The highest BCUT2D eigenvalue weighted by molar-refractivity contribution is 7.92. The lowest BCUT2D eigenvalue weighted by Crippen LogP contribution is -2.27. The van der Waals surface area contributed by atoms with Crippen LogP contribution in [0.2, 0.25) is 0 Å². The van der Waals surface area contributed by atoms with E-state index in [1.165, 1.54) is 11.3 Å². The Morgan fingerprint density at radius 1 is 1.06 bits per heavy atom. The Hall–Kier alpha value is -2.85. The fraction of sp³-hybridized carbons (Fsp3) is 0.273. The summed E-state index contributed by atoms with van der Waals surface area (Å²) in [6.45, 7) is 5.75. The molecule has 1 aromatic heterocycles. The van der Waals surface area contributed by atoms with E-state index in [0.29, 0.717) is 10.9 Å². The van der Waals surface area contributed by atoms with Gasteiger partial charge in [0.25, 0.3) is 5.91 Å². The molecular formula is C22H23F2N3O3S2. The van der Waals surface area contributed by atoms with Gasteiger partial charge in [-0.2, -0.15) is 0 Å². The molecule has 0 aliphatic rings. The van der Waals surface area contributed by atoms with Crippen LogP contribution in [0.4, 0.5) is 14.5 Å². The lowest BCUT2D eigenvalue weighted by molar-refractivity contribution is 0.0935. The quantitative estimate of drug-likeness (QED) is 0.495. The van der Waals surface area contributed by atoms with Gasteiger partial charge < -0.3 is 5.32 Å². The maximum absolute atomic E-state index is 14.3. The average molecular weight is 480 g/mol. The molecule has 2 N–H and O–H groups in total. The van der Waals surface area contributed by atoms with Crippen molar-refractivity contribution in [2.75, 3.05) is 11.0 Å². The lowest BCUT2D eigenvalue weighted by Gasteiger charge is -2.15. The summed E-state index contributed by atoms with van der Waals surface area (Å²) in [6, 6.07) is 9.15. The highest BCUT2D eigenvalue weighted by Gasteiger charge is 2.20. The summed E-state index contributed by atoms with van der Waals surface area (Å²) in [7, 11) is -3.85. The van der Waals surface area contributed by atoms with Gasteiger partial charge in [0.15, 0.2) is 11.6 Å². The second-order valence-electron chi connectivity index (χ2n) is 7.75. The number of anilines is 1. The SMILES string of the molecule is CC(C)c1cccc(-c2nc(C(=O)NC(C)c3cc(F)c(NS(C)(=O)=O)c(F)c3)cs2)c1. The van der Waals surface area contributed by atoms with E-state index in [-0.39, 0.29) is 11.3 Å². The Bertz CT molecular complexity index is 1230. The second kappa shape index (κ2) is 9.33. The molecule has 0 aliphatic heterocycles. The smallest absolute Gasteiger partial charge is 0.271 e. The molecule has 3 rings (SSSR count). The first kappa shape index (κ1) is 23.8. The molecule has 1 unspecified atom stereocenters. The van der Waals surface area contributed by atoms with E-state index in [9.17, 15) is 22.0 Å². The number of halogens is 2. The average Bonchev–Trinajstić information content (AvgIpc) is 3.20. The van der Waals surface area contributed by atoms with Crippen LogP contribution in [-0.4, -0.2) is 25.6 Å². The van der Waals surface area contributed by atoms with Crippen molar-refractivity contribution in [3.8, 4) is 10.6 Å². The van der Waals surface area contributed by atoms with Crippen molar-refractivity contribution in [1.29, 1.82) is 0 Å². The monoisotopic (exact) mass is 479 g/mol. The van der Waals surface area contributed by atoms with E-state index in [4.69, 9.17) is 0 Å². The first-order valence-electron chi connectivity index (χ1n) is 9.78. The van der Waals surface area contributed by atoms with Crippen LogP contribution in [0.1, 0.15) is 54.3 Å². The maximum atomic E-state index is 14.3. The van der Waals surface area contributed by atoms with E-state index >= 15 is 0 Å². The molecule has 170 valence electrons. The first-order chi connectivity index (χ1) is 14.9. The number of amides is 1. The summed E-state index contributed by atoms with van der Waals surface area (Å²) in [5, 5.41) is 4.98. The molecule has 3 aromatic rings. The Morgan fingerprint density at radius 2 is 1.72 bits per heavy atom. The number of thiazole rings is 1. The van der Waals surface area contributed by atoms with E-state index in [1.54, 1.807) is 17.0 Å². The standard InChI is InChI=1S/C22H23F2N3O3S2/c1-12(2)14-6-5-7-15(8-14)22-26-19(11-31-22)21(28)25-13(3)16-9-17(23)20(18(24)10-16)27-32(4,29)30/h5-13,27H,1-4H3,(H,25,28). The molecule has 6 nitrogen and oxygen atoms in total. The zero-order chi connectivity index (χ0) is 23.6. The van der Waals surface area contributed by atoms with E-state index < -0.39 is 39.3 Å². The van der Waals surface area contributed by atoms with Crippen molar-refractivity contribution in [1.82, 2.24) is 10.3 Å². The fourth-order valence-electron chi connectivity index (χ4n) is 3.02. The van der Waals surface area contributed by atoms with Crippen LogP contribution in [0.15, 0.2) is 41.8 Å². The molecule has 0 spiro atoms. The number of hydrogen-bond acceptors (Lipinski definition) is 5. The first-order valence-corrected chi connectivity index (χ1v) is 12.5. The number of hydrogen-bond donors (Lipinski definition) is 2. The number of nitrogens with zero attached hydrogens (tertiary/aromatic N) is 1. The van der Waals surface area contributed by atoms with Crippen LogP contribution in [0, 0.1) is 11.6 Å². The number of rotatable bonds is 7. The molecule has 0 bridgehead atoms. The summed E-state index contributed by atoms with van der Waals surface area (Å²) in [6.07, 6.45) is 0.795. The van der Waals surface area contributed by atoms with Crippen molar-refractivity contribution in [2.24, 2.45) is 0 Å². The van der Waals surface area contributed by atoms with Crippen LogP contribution in [-0.2, 0) is 10.0 Å². The largest absolute Gasteiger partial charge is 0.344 e. The molecule has 32 heavy (non-hydrogen) atoms. The third-order valence-corrected chi connectivity index (χ3v) is 6.20. The fourth-order valence-corrected chi connectivity index (χ4v) is 4.38. The highest BCUT2D eigenvalue weighted by atomic mass is 32.2. The Morgan fingerprint density at radius 3 is 2.31 bits per heavy atom. The van der Waals surface area contributed by atoms with Gasteiger partial charge in [0.2, 0.25) is 10.0 Å². The van der Waals surface area contributed by atoms with Gasteiger partial charge in [-0.05, 0) is 42.2 Å². The van der Waals surface area contributed by atoms with E-state index in [0.717, 1.165) is 29.5 Å².